The van der Waals surface area contributed by atoms with Crippen molar-refractivity contribution in [1.29, 1.82) is 0 Å². The Kier molecular flexibility index (Phi) is 6.03. The van der Waals surface area contributed by atoms with Gasteiger partial charge in [-0.15, -0.1) is 22.7 Å². The van der Waals surface area contributed by atoms with Crippen molar-refractivity contribution in [2.75, 3.05) is 5.32 Å². The van der Waals surface area contributed by atoms with Crippen molar-refractivity contribution in [3.63, 3.8) is 0 Å². The molecule has 5 nitrogen and oxygen atoms in total. The summed E-state index contributed by atoms with van der Waals surface area (Å²) in [6.07, 6.45) is 0.165. The molecule has 0 aliphatic rings. The van der Waals surface area contributed by atoms with Crippen molar-refractivity contribution in [1.82, 2.24) is 10.3 Å². The van der Waals surface area contributed by atoms with Gasteiger partial charge in [0.15, 0.2) is 5.13 Å². The van der Waals surface area contributed by atoms with Crippen LogP contribution < -0.4 is 10.6 Å². The van der Waals surface area contributed by atoms with E-state index < -0.39 is 0 Å². The highest BCUT2D eigenvalue weighted by atomic mass is 32.1. The Morgan fingerprint density at radius 2 is 1.96 bits per heavy atom. The van der Waals surface area contributed by atoms with Crippen molar-refractivity contribution in [3.8, 4) is 11.3 Å². The molecular formula is C20H21N3O2S2. The third-order valence-electron chi connectivity index (χ3n) is 4.21. The van der Waals surface area contributed by atoms with Crippen LogP contribution in [-0.2, 0) is 9.59 Å². The lowest BCUT2D eigenvalue weighted by atomic mass is 10.1. The molecule has 0 bridgehead atoms. The van der Waals surface area contributed by atoms with E-state index in [9.17, 15) is 9.59 Å². The Morgan fingerprint density at radius 1 is 1.15 bits per heavy atom. The van der Waals surface area contributed by atoms with E-state index in [0.29, 0.717) is 5.13 Å². The van der Waals surface area contributed by atoms with Crippen LogP contribution in [0.1, 0.15) is 35.4 Å². The second kappa shape index (κ2) is 8.45. The largest absolute Gasteiger partial charge is 0.348 e. The van der Waals surface area contributed by atoms with Crippen molar-refractivity contribution in [3.05, 3.63) is 57.1 Å². The van der Waals surface area contributed by atoms with Crippen molar-refractivity contribution < 1.29 is 9.59 Å². The second-order valence-electron chi connectivity index (χ2n) is 6.36. The van der Waals surface area contributed by atoms with Crippen LogP contribution in [0.3, 0.4) is 0 Å². The number of benzene rings is 1. The predicted molar refractivity (Wildman–Crippen MR) is 111 cm³/mol. The van der Waals surface area contributed by atoms with Gasteiger partial charge >= 0.3 is 0 Å². The molecule has 3 aromatic rings. The van der Waals surface area contributed by atoms with E-state index in [2.05, 4.69) is 41.6 Å². The number of hydrogen-bond acceptors (Lipinski definition) is 5. The molecule has 0 radical (unpaired) electrons. The van der Waals surface area contributed by atoms with Crippen LogP contribution in [-0.4, -0.2) is 16.8 Å². The Bertz CT molecular complexity index is 948. The van der Waals surface area contributed by atoms with Gasteiger partial charge in [-0.3, -0.25) is 9.59 Å². The number of carbonyl (C=O) groups is 2. The van der Waals surface area contributed by atoms with E-state index in [1.807, 2.05) is 29.0 Å². The first-order valence-electron chi connectivity index (χ1n) is 8.56. The van der Waals surface area contributed by atoms with Gasteiger partial charge in [-0.05, 0) is 42.5 Å². The van der Waals surface area contributed by atoms with Crippen molar-refractivity contribution in [2.24, 2.45) is 0 Å². The molecule has 0 aliphatic carbocycles. The normalized spacial score (nSPS) is 11.8. The van der Waals surface area contributed by atoms with Crippen LogP contribution >= 0.6 is 22.7 Å². The third-order valence-corrected chi connectivity index (χ3v) is 5.95. The van der Waals surface area contributed by atoms with Crippen LogP contribution in [0, 0.1) is 13.8 Å². The molecule has 1 atom stereocenters. The summed E-state index contributed by atoms with van der Waals surface area (Å²) in [6.45, 7) is 5.60. The molecular weight excluding hydrogens is 378 g/mol. The van der Waals surface area contributed by atoms with Gasteiger partial charge in [-0.2, -0.15) is 0 Å². The lowest BCUT2D eigenvalue weighted by Crippen LogP contribution is -2.29. The summed E-state index contributed by atoms with van der Waals surface area (Å²) in [5, 5.41) is 10.1. The van der Waals surface area contributed by atoms with E-state index in [1.54, 1.807) is 0 Å². The molecule has 27 heavy (non-hydrogen) atoms. The molecule has 0 spiro atoms. The van der Waals surface area contributed by atoms with Crippen LogP contribution in [0.15, 0.2) is 41.1 Å². The van der Waals surface area contributed by atoms with Crippen LogP contribution in [0.2, 0.25) is 0 Å². The topological polar surface area (TPSA) is 71.1 Å². The summed E-state index contributed by atoms with van der Waals surface area (Å²) in [4.78, 5) is 29.4. The fraction of sp³-hybridized carbons (Fsp3) is 0.250. The third kappa shape index (κ3) is 5.02. The zero-order valence-corrected chi connectivity index (χ0v) is 17.0. The fourth-order valence-electron chi connectivity index (χ4n) is 2.68. The second-order valence-corrected chi connectivity index (χ2v) is 8.20. The molecule has 2 N–H and O–H groups in total. The van der Waals surface area contributed by atoms with Gasteiger partial charge in [0.2, 0.25) is 11.8 Å². The molecule has 0 saturated carbocycles. The molecule has 2 aromatic heterocycles. The smallest absolute Gasteiger partial charge is 0.228 e. The predicted octanol–water partition coefficient (Wildman–Crippen LogP) is 4.69. The van der Waals surface area contributed by atoms with Gasteiger partial charge in [0.1, 0.15) is 0 Å². The number of thiophene rings is 1. The van der Waals surface area contributed by atoms with Crippen LogP contribution in [0.5, 0.6) is 0 Å². The molecule has 1 aromatic carbocycles. The minimum Gasteiger partial charge on any atom is -0.348 e. The first-order valence-corrected chi connectivity index (χ1v) is 10.3. The van der Waals surface area contributed by atoms with Crippen LogP contribution in [0.4, 0.5) is 5.13 Å². The standard InChI is InChI=1S/C20H21N3O2S2/c1-12-6-7-15(9-13(12)2)17-11-27-20(22-17)23-19(25)10-16(21-14(3)24)18-5-4-8-26-18/h4-9,11,16H,10H2,1-3H3,(H,21,24)(H,22,23,25). The average Bonchev–Trinajstić information content (AvgIpc) is 3.28. The number of rotatable bonds is 6. The number of carbonyl (C=O) groups excluding carboxylic acids is 2. The summed E-state index contributed by atoms with van der Waals surface area (Å²) in [7, 11) is 0. The maximum absolute atomic E-state index is 12.5. The minimum absolute atomic E-state index is 0.160. The number of aromatic nitrogens is 1. The molecule has 3 rings (SSSR count). The monoisotopic (exact) mass is 399 g/mol. The van der Waals surface area contributed by atoms with Crippen LogP contribution in [0.25, 0.3) is 11.3 Å². The minimum atomic E-state index is -0.332. The van der Waals surface area contributed by atoms with Crippen molar-refractivity contribution in [2.45, 2.75) is 33.2 Å². The molecule has 0 aliphatic heterocycles. The van der Waals surface area contributed by atoms with E-state index in [0.717, 1.165) is 16.1 Å². The van der Waals surface area contributed by atoms with E-state index in [4.69, 9.17) is 0 Å². The number of aryl methyl sites for hydroxylation is 2. The number of thiazole rings is 1. The molecule has 1 unspecified atom stereocenters. The lowest BCUT2D eigenvalue weighted by molar-refractivity contribution is -0.120. The van der Waals surface area contributed by atoms with Crippen molar-refractivity contribution >= 4 is 39.6 Å². The van der Waals surface area contributed by atoms with Gasteiger partial charge in [-0.1, -0.05) is 18.2 Å². The molecule has 0 fully saturated rings. The van der Waals surface area contributed by atoms with Gasteiger partial charge in [0, 0.05) is 22.7 Å². The lowest BCUT2D eigenvalue weighted by Gasteiger charge is -2.15. The van der Waals surface area contributed by atoms with E-state index in [-0.39, 0.29) is 24.3 Å². The number of anilines is 1. The Labute approximate surface area is 166 Å². The van der Waals surface area contributed by atoms with E-state index >= 15 is 0 Å². The SMILES string of the molecule is CC(=O)NC(CC(=O)Nc1nc(-c2ccc(C)c(C)c2)cs1)c1cccs1. The molecule has 0 saturated heterocycles. The molecule has 7 heteroatoms. The van der Waals surface area contributed by atoms with E-state index in [1.165, 1.54) is 40.7 Å². The number of nitrogens with one attached hydrogen (secondary N) is 2. The maximum Gasteiger partial charge on any atom is 0.228 e. The molecule has 140 valence electrons. The quantitative estimate of drug-likeness (QED) is 0.631. The zero-order chi connectivity index (χ0) is 19.4. The summed E-state index contributed by atoms with van der Waals surface area (Å²) >= 11 is 2.91. The summed E-state index contributed by atoms with van der Waals surface area (Å²) in [5.74, 6) is -0.337. The van der Waals surface area contributed by atoms with Gasteiger partial charge < -0.3 is 10.6 Å². The average molecular weight is 400 g/mol. The summed E-state index contributed by atoms with van der Waals surface area (Å²) in [5.41, 5.74) is 4.32. The fourth-order valence-corrected chi connectivity index (χ4v) is 4.19. The first kappa shape index (κ1) is 19.3. The van der Waals surface area contributed by atoms with Gasteiger partial charge in [-0.25, -0.2) is 4.98 Å². The maximum atomic E-state index is 12.5. The summed E-state index contributed by atoms with van der Waals surface area (Å²) in [6, 6.07) is 9.69. The highest BCUT2D eigenvalue weighted by Crippen LogP contribution is 2.27. The molecule has 2 amide bonds. The first-order chi connectivity index (χ1) is 12.9. The number of hydrogen-bond donors (Lipinski definition) is 2. The molecule has 2 heterocycles. The summed E-state index contributed by atoms with van der Waals surface area (Å²) < 4.78 is 0. The number of nitrogens with zero attached hydrogens (tertiary/aromatic N) is 1. The Balaban J connectivity index is 1.68. The Hall–Kier alpha value is -2.51. The van der Waals surface area contributed by atoms with Gasteiger partial charge in [0.25, 0.3) is 0 Å². The zero-order valence-electron chi connectivity index (χ0n) is 15.4. The number of amides is 2. The highest BCUT2D eigenvalue weighted by molar-refractivity contribution is 7.14. The highest BCUT2D eigenvalue weighted by Gasteiger charge is 2.19. The van der Waals surface area contributed by atoms with Gasteiger partial charge in [0.05, 0.1) is 18.2 Å². The Morgan fingerprint density at radius 3 is 2.63 bits per heavy atom.